The third kappa shape index (κ3) is 13.0. The highest BCUT2D eigenvalue weighted by atomic mass is 32.1. The molecule has 1 aliphatic carbocycles. The number of likely N-dealkylation sites (N-methyl/N-ethyl adjacent to an activating group) is 1. The average molecular weight is 956 g/mol. The van der Waals surface area contributed by atoms with Crippen LogP contribution in [0.1, 0.15) is 80.1 Å². The van der Waals surface area contributed by atoms with E-state index in [1.165, 1.54) is 6.42 Å². The maximum atomic E-state index is 13.9. The fourth-order valence-electron chi connectivity index (χ4n) is 9.80. The lowest BCUT2D eigenvalue weighted by atomic mass is 9.76. The minimum absolute atomic E-state index is 0.0267. The van der Waals surface area contributed by atoms with Gasteiger partial charge in [-0.2, -0.15) is 0 Å². The number of aryl methyl sites for hydroxylation is 1. The first-order valence-corrected chi connectivity index (χ1v) is 25.5. The molecule has 0 bridgehead atoms. The molecule has 2 atom stereocenters. The number of carbonyl (C=O) groups is 3. The lowest BCUT2D eigenvalue weighted by Gasteiger charge is -2.39. The number of rotatable bonds is 24. The van der Waals surface area contributed by atoms with E-state index in [4.69, 9.17) is 28.2 Å². The van der Waals surface area contributed by atoms with Crippen molar-refractivity contribution in [2.45, 2.75) is 90.4 Å². The van der Waals surface area contributed by atoms with Crippen LogP contribution in [0.4, 0.5) is 0 Å². The zero-order valence-corrected chi connectivity index (χ0v) is 40.9. The fourth-order valence-corrected chi connectivity index (χ4v) is 10.6. The standard InChI is InChI=1S/C51H69N7O9S/c1-36-31-40-32-39(50(60)56-18-20-57(21-19-56)51(61)43(34-46(59)37(2)52-3)38-7-5-4-6-8-38)9-10-45(40)58(36)22-23-62-24-25-63-26-27-64-28-29-65-48-33-42(67-54-48)35-55-16-12-41(13-17-55)66-47-11-15-53-44-14-30-68-49(44)47/h9-11,14-15,30-33,37-38,41,43,52H,4-8,12-13,16-29,34-35H2,1-3H3/t37-,43-/m0/s1. The molecule has 17 heteroatoms. The van der Waals surface area contributed by atoms with Gasteiger partial charge < -0.3 is 47.9 Å². The third-order valence-corrected chi connectivity index (χ3v) is 14.8. The van der Waals surface area contributed by atoms with Crippen molar-refractivity contribution < 1.29 is 42.6 Å². The minimum Gasteiger partial charge on any atom is -0.489 e. The topological polar surface area (TPSA) is 163 Å². The molecule has 2 aliphatic heterocycles. The Kier molecular flexibility index (Phi) is 17.9. The molecule has 3 fully saturated rings. The Bertz CT molecular complexity index is 2400. The van der Waals surface area contributed by atoms with Crippen LogP contribution >= 0.6 is 11.3 Å². The summed E-state index contributed by atoms with van der Waals surface area (Å²) in [7, 11) is 1.78. The minimum atomic E-state index is -0.287. The smallest absolute Gasteiger partial charge is 0.254 e. The molecular formula is C51H69N7O9S. The molecule has 1 saturated carbocycles. The number of hydrogen-bond acceptors (Lipinski definition) is 14. The van der Waals surface area contributed by atoms with Gasteiger partial charge in [0.25, 0.3) is 11.8 Å². The van der Waals surface area contributed by atoms with Gasteiger partial charge in [0, 0.05) is 92.6 Å². The Morgan fingerprint density at radius 2 is 1.56 bits per heavy atom. The number of piperazine rings is 1. The quantitative estimate of drug-likeness (QED) is 0.0646. The number of carbonyl (C=O) groups excluding carboxylic acids is 3. The van der Waals surface area contributed by atoms with Crippen LogP contribution in [0.25, 0.3) is 21.1 Å². The lowest BCUT2D eigenvalue weighted by Crippen LogP contribution is -2.53. The summed E-state index contributed by atoms with van der Waals surface area (Å²) in [4.78, 5) is 51.0. The first-order valence-electron chi connectivity index (χ1n) is 24.6. The molecule has 8 rings (SSSR count). The predicted molar refractivity (Wildman–Crippen MR) is 260 cm³/mol. The highest BCUT2D eigenvalue weighted by Crippen LogP contribution is 2.34. The maximum absolute atomic E-state index is 13.9. The normalized spacial score (nSPS) is 17.5. The summed E-state index contributed by atoms with van der Waals surface area (Å²) in [5, 5.41) is 10.2. The van der Waals surface area contributed by atoms with Gasteiger partial charge in [0.1, 0.15) is 24.2 Å². The molecule has 2 saturated heterocycles. The second-order valence-corrected chi connectivity index (χ2v) is 19.3. The summed E-state index contributed by atoms with van der Waals surface area (Å²) in [6.07, 6.45) is 9.57. The summed E-state index contributed by atoms with van der Waals surface area (Å²) in [5.41, 5.74) is 3.77. The number of pyridine rings is 1. The molecule has 16 nitrogen and oxygen atoms in total. The van der Waals surface area contributed by atoms with E-state index in [0.29, 0.717) is 97.0 Å². The number of benzene rings is 1. The zero-order chi connectivity index (χ0) is 47.2. The maximum Gasteiger partial charge on any atom is 0.254 e. The lowest BCUT2D eigenvalue weighted by molar-refractivity contribution is -0.142. The monoisotopic (exact) mass is 955 g/mol. The van der Waals surface area contributed by atoms with Crippen LogP contribution in [0.15, 0.2) is 58.6 Å². The number of aromatic nitrogens is 3. The first-order chi connectivity index (χ1) is 33.2. The van der Waals surface area contributed by atoms with Gasteiger partial charge in [-0.1, -0.05) is 19.3 Å². The van der Waals surface area contributed by atoms with Crippen LogP contribution in [0.2, 0.25) is 0 Å². The molecule has 1 aromatic carbocycles. The summed E-state index contributed by atoms with van der Waals surface area (Å²) in [5.74, 6) is 2.24. The van der Waals surface area contributed by atoms with Crippen LogP contribution in [-0.4, -0.2) is 152 Å². The summed E-state index contributed by atoms with van der Waals surface area (Å²) < 4.78 is 38.2. The van der Waals surface area contributed by atoms with E-state index >= 15 is 0 Å². The molecule has 5 aromatic rings. The van der Waals surface area contributed by atoms with E-state index in [1.54, 1.807) is 18.4 Å². The van der Waals surface area contributed by atoms with Gasteiger partial charge in [0.05, 0.1) is 62.4 Å². The van der Waals surface area contributed by atoms with Gasteiger partial charge in [-0.25, -0.2) is 0 Å². The molecule has 6 heterocycles. The molecule has 68 heavy (non-hydrogen) atoms. The fraction of sp³-hybridized carbons (Fsp3) is 0.588. The number of fused-ring (bicyclic) bond motifs is 2. The Morgan fingerprint density at radius 1 is 0.838 bits per heavy atom. The molecule has 0 unspecified atom stereocenters. The van der Waals surface area contributed by atoms with E-state index in [-0.39, 0.29) is 48.0 Å². The number of ketones is 1. The van der Waals surface area contributed by atoms with Crippen LogP contribution in [-0.2, 0) is 36.9 Å². The highest BCUT2D eigenvalue weighted by Gasteiger charge is 2.36. The number of thiophene rings is 1. The number of hydrogen-bond donors (Lipinski definition) is 1. The molecule has 3 aliphatic rings. The van der Waals surface area contributed by atoms with Gasteiger partial charge in [0.2, 0.25) is 5.91 Å². The number of ether oxygens (including phenoxy) is 5. The molecular weight excluding hydrogens is 887 g/mol. The number of Topliss-reactive ketones (excluding diaryl/α,β-unsaturated/α-hetero) is 1. The van der Waals surface area contributed by atoms with Crippen molar-refractivity contribution in [2.75, 3.05) is 92.6 Å². The van der Waals surface area contributed by atoms with E-state index in [0.717, 1.165) is 89.9 Å². The van der Waals surface area contributed by atoms with E-state index < -0.39 is 0 Å². The number of nitrogens with zero attached hydrogens (tertiary/aromatic N) is 6. The Hall–Kier alpha value is -4.91. The van der Waals surface area contributed by atoms with E-state index in [1.807, 2.05) is 64.7 Å². The van der Waals surface area contributed by atoms with Gasteiger partial charge in [-0.05, 0) is 99.4 Å². The molecule has 2 amide bonds. The van der Waals surface area contributed by atoms with E-state index in [9.17, 15) is 14.4 Å². The van der Waals surface area contributed by atoms with Gasteiger partial charge in [-0.15, -0.1) is 11.3 Å². The highest BCUT2D eigenvalue weighted by molar-refractivity contribution is 7.17. The Morgan fingerprint density at radius 3 is 2.31 bits per heavy atom. The third-order valence-electron chi connectivity index (χ3n) is 13.8. The summed E-state index contributed by atoms with van der Waals surface area (Å²) in [6, 6.07) is 13.5. The van der Waals surface area contributed by atoms with Gasteiger partial charge in [-0.3, -0.25) is 24.3 Å². The van der Waals surface area contributed by atoms with Gasteiger partial charge in [0.15, 0.2) is 5.76 Å². The average Bonchev–Trinajstić information content (AvgIpc) is 4.12. The number of nitrogens with one attached hydrogen (secondary N) is 1. The largest absolute Gasteiger partial charge is 0.489 e. The summed E-state index contributed by atoms with van der Waals surface area (Å²) >= 11 is 1.66. The van der Waals surface area contributed by atoms with Crippen LogP contribution < -0.4 is 14.8 Å². The van der Waals surface area contributed by atoms with Crippen molar-refractivity contribution >= 4 is 50.1 Å². The van der Waals surface area contributed by atoms with Crippen LogP contribution in [0.5, 0.6) is 11.6 Å². The zero-order valence-electron chi connectivity index (χ0n) is 40.0. The van der Waals surface area contributed by atoms with Crippen molar-refractivity contribution in [3.05, 3.63) is 71.1 Å². The molecule has 0 spiro atoms. The first kappa shape index (κ1) is 49.5. The number of piperidine rings is 1. The van der Waals surface area contributed by atoms with Crippen molar-refractivity contribution in [2.24, 2.45) is 11.8 Å². The van der Waals surface area contributed by atoms with Crippen LogP contribution in [0, 0.1) is 18.8 Å². The Labute approximate surface area is 403 Å². The molecule has 368 valence electrons. The molecule has 4 aromatic heterocycles. The number of amides is 2. The van der Waals surface area contributed by atoms with Crippen molar-refractivity contribution in [3.8, 4) is 11.6 Å². The van der Waals surface area contributed by atoms with Crippen molar-refractivity contribution in [1.82, 2.24) is 34.7 Å². The predicted octanol–water partition coefficient (Wildman–Crippen LogP) is 6.77. The number of likely N-dealkylation sites (tertiary alicyclic amines) is 1. The van der Waals surface area contributed by atoms with Crippen molar-refractivity contribution in [1.29, 1.82) is 0 Å². The molecule has 0 radical (unpaired) electrons. The second kappa shape index (κ2) is 24.6. The SMILES string of the molecule is CN[C@@H](C)C(=O)C[C@H](C(=O)N1CCN(C(=O)c2ccc3c(c2)cc(C)n3CCOCCOCCOCCOc2cc(CN3CCC(Oc4ccnc5ccsc45)CC3)on2)CC1)C1CCCCC1. The van der Waals surface area contributed by atoms with Crippen molar-refractivity contribution in [3.63, 3.8) is 0 Å². The molecule has 1 N–H and O–H groups in total. The van der Waals surface area contributed by atoms with E-state index in [2.05, 4.69) is 37.9 Å². The van der Waals surface area contributed by atoms with Gasteiger partial charge >= 0.3 is 0 Å². The Balaban J connectivity index is 0.665. The second-order valence-electron chi connectivity index (χ2n) is 18.4. The summed E-state index contributed by atoms with van der Waals surface area (Å²) in [6.45, 7) is 12.2. The van der Waals surface area contributed by atoms with Crippen LogP contribution in [0.3, 0.4) is 0 Å².